The molecular weight excluding hydrogens is 353 g/mol. The van der Waals surface area contributed by atoms with Crippen molar-refractivity contribution in [3.63, 3.8) is 0 Å². The van der Waals surface area contributed by atoms with E-state index in [1.807, 2.05) is 24.5 Å². The van der Waals surface area contributed by atoms with E-state index < -0.39 is 0 Å². The van der Waals surface area contributed by atoms with Crippen molar-refractivity contribution in [2.75, 3.05) is 0 Å². The molecule has 100 valence electrons. The molecule has 0 spiro atoms. The Labute approximate surface area is 125 Å². The Morgan fingerprint density at radius 3 is 2.84 bits per heavy atom. The molecule has 1 aliphatic rings. The molecule has 4 nitrogen and oxygen atoms in total. The van der Waals surface area contributed by atoms with Gasteiger partial charge >= 0.3 is 0 Å². The summed E-state index contributed by atoms with van der Waals surface area (Å²) in [6.45, 7) is 0.551. The van der Waals surface area contributed by atoms with Crippen molar-refractivity contribution >= 4 is 22.6 Å². The van der Waals surface area contributed by atoms with Crippen LogP contribution in [0.4, 0.5) is 0 Å². The Morgan fingerprint density at radius 1 is 1.26 bits per heavy atom. The van der Waals surface area contributed by atoms with Crippen LogP contribution in [0.2, 0.25) is 0 Å². The smallest absolute Gasteiger partial charge is 0.250 e. The lowest BCUT2D eigenvalue weighted by atomic mass is 10.3. The topological polar surface area (TPSA) is 39.8 Å². The molecule has 0 atom stereocenters. The van der Waals surface area contributed by atoms with E-state index in [2.05, 4.69) is 32.4 Å². The molecule has 2 aromatic rings. The van der Waals surface area contributed by atoms with Crippen molar-refractivity contribution in [3.05, 3.63) is 50.2 Å². The van der Waals surface area contributed by atoms with Crippen molar-refractivity contribution in [3.8, 4) is 0 Å². The lowest BCUT2D eigenvalue weighted by Crippen LogP contribution is -2.19. The highest BCUT2D eigenvalue weighted by molar-refractivity contribution is 14.1. The monoisotopic (exact) mass is 369 g/mol. The summed E-state index contributed by atoms with van der Waals surface area (Å²) in [5, 5.41) is 4.61. The van der Waals surface area contributed by atoms with Gasteiger partial charge in [-0.15, -0.1) is 0 Å². The maximum absolute atomic E-state index is 11.8. The van der Waals surface area contributed by atoms with E-state index >= 15 is 0 Å². The molecule has 0 amide bonds. The standard InChI is InChI=1S/C14H16IN3O/c15-11-5-6-14(19)17(9-11)10-12-7-8-18(16-12)13-3-1-2-4-13/h5-9,13H,1-4,10H2. The molecule has 0 aliphatic heterocycles. The summed E-state index contributed by atoms with van der Waals surface area (Å²) in [6.07, 6.45) is 8.97. The van der Waals surface area contributed by atoms with Crippen molar-refractivity contribution in [1.82, 2.24) is 14.3 Å². The van der Waals surface area contributed by atoms with Crippen molar-refractivity contribution in [2.24, 2.45) is 0 Å². The summed E-state index contributed by atoms with van der Waals surface area (Å²) in [4.78, 5) is 11.8. The first kappa shape index (κ1) is 12.9. The maximum Gasteiger partial charge on any atom is 0.250 e. The van der Waals surface area contributed by atoms with E-state index in [1.54, 1.807) is 10.6 Å². The average molecular weight is 369 g/mol. The normalized spacial score (nSPS) is 16.1. The van der Waals surface area contributed by atoms with Gasteiger partial charge in [-0.2, -0.15) is 5.10 Å². The van der Waals surface area contributed by atoms with Gasteiger partial charge in [0.05, 0.1) is 18.3 Å². The Kier molecular flexibility index (Phi) is 3.72. The minimum atomic E-state index is 0.0239. The molecule has 0 aromatic carbocycles. The SMILES string of the molecule is O=c1ccc(I)cn1Cc1ccn(C2CCCC2)n1. The number of halogens is 1. The van der Waals surface area contributed by atoms with Gasteiger partial charge in [0, 0.05) is 22.0 Å². The molecule has 1 aliphatic carbocycles. The van der Waals surface area contributed by atoms with Crippen LogP contribution in [0.5, 0.6) is 0 Å². The summed E-state index contributed by atoms with van der Waals surface area (Å²) in [7, 11) is 0. The number of hydrogen-bond donors (Lipinski definition) is 0. The fourth-order valence-corrected chi connectivity index (χ4v) is 3.15. The van der Waals surface area contributed by atoms with Gasteiger partial charge in [-0.1, -0.05) is 12.8 Å². The second-order valence-corrected chi connectivity index (χ2v) is 6.28. The van der Waals surface area contributed by atoms with Gasteiger partial charge in [-0.25, -0.2) is 0 Å². The van der Waals surface area contributed by atoms with Gasteiger partial charge in [0.1, 0.15) is 0 Å². The van der Waals surface area contributed by atoms with E-state index in [1.165, 1.54) is 25.7 Å². The van der Waals surface area contributed by atoms with Gasteiger partial charge in [-0.3, -0.25) is 9.48 Å². The summed E-state index contributed by atoms with van der Waals surface area (Å²) in [5.41, 5.74) is 0.979. The summed E-state index contributed by atoms with van der Waals surface area (Å²) >= 11 is 2.22. The molecule has 1 fully saturated rings. The predicted molar refractivity (Wildman–Crippen MR) is 82.3 cm³/mol. The molecule has 2 aromatic heterocycles. The lowest BCUT2D eigenvalue weighted by molar-refractivity contribution is 0.461. The van der Waals surface area contributed by atoms with Crippen LogP contribution in [0.1, 0.15) is 37.4 Å². The first-order valence-corrected chi connectivity index (χ1v) is 7.70. The largest absolute Gasteiger partial charge is 0.308 e. The quantitative estimate of drug-likeness (QED) is 0.781. The van der Waals surface area contributed by atoms with E-state index in [0.29, 0.717) is 12.6 Å². The zero-order valence-electron chi connectivity index (χ0n) is 10.6. The highest BCUT2D eigenvalue weighted by Crippen LogP contribution is 2.28. The van der Waals surface area contributed by atoms with Gasteiger partial charge in [-0.05, 0) is 47.6 Å². The fraction of sp³-hybridized carbons (Fsp3) is 0.429. The Bertz CT molecular complexity index is 626. The van der Waals surface area contributed by atoms with E-state index in [-0.39, 0.29) is 5.56 Å². The third kappa shape index (κ3) is 2.91. The van der Waals surface area contributed by atoms with Crippen LogP contribution in [0, 0.1) is 3.57 Å². The second-order valence-electron chi connectivity index (χ2n) is 5.04. The minimum absolute atomic E-state index is 0.0239. The number of pyridine rings is 1. The zero-order valence-corrected chi connectivity index (χ0v) is 12.8. The maximum atomic E-state index is 11.8. The number of rotatable bonds is 3. The van der Waals surface area contributed by atoms with Crippen LogP contribution in [0.25, 0.3) is 0 Å². The first-order chi connectivity index (χ1) is 9.22. The van der Waals surface area contributed by atoms with Crippen LogP contribution < -0.4 is 5.56 Å². The van der Waals surface area contributed by atoms with Gasteiger partial charge in [0.25, 0.3) is 5.56 Å². The van der Waals surface area contributed by atoms with E-state index in [4.69, 9.17) is 0 Å². The Balaban J connectivity index is 1.79. The Hall–Kier alpha value is -1.11. The third-order valence-corrected chi connectivity index (χ3v) is 4.28. The molecule has 5 heteroatoms. The van der Waals surface area contributed by atoms with Crippen LogP contribution in [-0.2, 0) is 6.54 Å². The number of nitrogens with zero attached hydrogens (tertiary/aromatic N) is 3. The minimum Gasteiger partial charge on any atom is -0.308 e. The van der Waals surface area contributed by atoms with Crippen LogP contribution in [0.3, 0.4) is 0 Å². The van der Waals surface area contributed by atoms with E-state index in [9.17, 15) is 4.79 Å². The van der Waals surface area contributed by atoms with Crippen LogP contribution in [-0.4, -0.2) is 14.3 Å². The summed E-state index contributed by atoms with van der Waals surface area (Å²) < 4.78 is 4.84. The van der Waals surface area contributed by atoms with E-state index in [0.717, 1.165) is 9.26 Å². The lowest BCUT2D eigenvalue weighted by Gasteiger charge is -2.09. The molecule has 1 saturated carbocycles. The van der Waals surface area contributed by atoms with Gasteiger partial charge in [0.2, 0.25) is 0 Å². The molecule has 2 heterocycles. The molecule has 0 N–H and O–H groups in total. The summed E-state index contributed by atoms with van der Waals surface area (Å²) in [6, 6.07) is 6.01. The zero-order chi connectivity index (χ0) is 13.2. The second kappa shape index (κ2) is 5.48. The fourth-order valence-electron chi connectivity index (χ4n) is 2.63. The van der Waals surface area contributed by atoms with Gasteiger partial charge in [0.15, 0.2) is 0 Å². The van der Waals surface area contributed by atoms with Crippen LogP contribution in [0.15, 0.2) is 35.4 Å². The molecule has 19 heavy (non-hydrogen) atoms. The molecule has 0 bridgehead atoms. The first-order valence-electron chi connectivity index (χ1n) is 6.62. The van der Waals surface area contributed by atoms with Gasteiger partial charge < -0.3 is 4.57 Å². The van der Waals surface area contributed by atoms with Crippen molar-refractivity contribution < 1.29 is 0 Å². The molecule has 3 rings (SSSR count). The summed E-state index contributed by atoms with van der Waals surface area (Å²) in [5.74, 6) is 0. The molecule has 0 saturated heterocycles. The van der Waals surface area contributed by atoms with Crippen molar-refractivity contribution in [1.29, 1.82) is 0 Å². The van der Waals surface area contributed by atoms with Crippen LogP contribution >= 0.6 is 22.6 Å². The van der Waals surface area contributed by atoms with Crippen molar-refractivity contribution in [2.45, 2.75) is 38.3 Å². The molecule has 0 radical (unpaired) electrons. The molecule has 0 unspecified atom stereocenters. The number of hydrogen-bond acceptors (Lipinski definition) is 2. The highest BCUT2D eigenvalue weighted by Gasteiger charge is 2.17. The Morgan fingerprint density at radius 2 is 2.05 bits per heavy atom. The highest BCUT2D eigenvalue weighted by atomic mass is 127. The number of aromatic nitrogens is 3. The predicted octanol–water partition coefficient (Wildman–Crippen LogP) is 2.81. The third-order valence-electron chi connectivity index (χ3n) is 3.64. The molecular formula is C14H16IN3O. The average Bonchev–Trinajstić information content (AvgIpc) is 3.04.